The molecule has 0 saturated carbocycles. The zero-order chi connectivity index (χ0) is 13.1. The van der Waals surface area contributed by atoms with E-state index in [-0.39, 0.29) is 0 Å². The normalized spacial score (nSPS) is 10.2. The first-order valence-corrected chi connectivity index (χ1v) is 5.86. The van der Waals surface area contributed by atoms with Crippen LogP contribution in [-0.2, 0) is 0 Å². The van der Waals surface area contributed by atoms with Crippen LogP contribution in [0.3, 0.4) is 0 Å². The molecule has 0 aliphatic carbocycles. The van der Waals surface area contributed by atoms with E-state index < -0.39 is 0 Å². The Morgan fingerprint density at radius 2 is 1.83 bits per heavy atom. The van der Waals surface area contributed by atoms with Crippen LogP contribution in [0.5, 0.6) is 5.75 Å². The molecule has 0 saturated heterocycles. The van der Waals surface area contributed by atoms with Crippen molar-refractivity contribution in [1.29, 1.82) is 0 Å². The van der Waals surface area contributed by atoms with Gasteiger partial charge in [-0.25, -0.2) is 0 Å². The molecule has 2 aromatic rings. The Kier molecular flexibility index (Phi) is 3.47. The summed E-state index contributed by atoms with van der Waals surface area (Å²) in [6, 6.07) is 12.0. The lowest BCUT2D eigenvalue weighted by atomic mass is 9.97. The Hall–Kier alpha value is -2.09. The van der Waals surface area contributed by atoms with Gasteiger partial charge < -0.3 is 4.74 Å². The molecule has 0 unspecified atom stereocenters. The molecule has 2 rings (SSSR count). The molecular weight excluding hydrogens is 224 g/mol. The van der Waals surface area contributed by atoms with Crippen molar-refractivity contribution in [3.8, 4) is 16.9 Å². The number of benzene rings is 2. The molecule has 0 N–H and O–H groups in total. The Morgan fingerprint density at radius 1 is 1.06 bits per heavy atom. The molecule has 0 aliphatic heterocycles. The highest BCUT2D eigenvalue weighted by Gasteiger charge is 2.07. The first kappa shape index (κ1) is 12.4. The highest BCUT2D eigenvalue weighted by molar-refractivity contribution is 5.83. The van der Waals surface area contributed by atoms with E-state index in [2.05, 4.69) is 32.0 Å². The number of aldehydes is 1. The van der Waals surface area contributed by atoms with Crippen LogP contribution >= 0.6 is 0 Å². The molecule has 0 aliphatic rings. The van der Waals surface area contributed by atoms with Gasteiger partial charge in [-0.2, -0.15) is 0 Å². The quantitative estimate of drug-likeness (QED) is 0.763. The predicted molar refractivity (Wildman–Crippen MR) is 73.3 cm³/mol. The van der Waals surface area contributed by atoms with Crippen LogP contribution in [0, 0.1) is 13.8 Å². The van der Waals surface area contributed by atoms with Crippen molar-refractivity contribution in [3.63, 3.8) is 0 Å². The molecule has 92 valence electrons. The summed E-state index contributed by atoms with van der Waals surface area (Å²) in [5.41, 5.74) is 5.20. The summed E-state index contributed by atoms with van der Waals surface area (Å²) in [4.78, 5) is 11.0. The Balaban J connectivity index is 2.54. The summed E-state index contributed by atoms with van der Waals surface area (Å²) < 4.78 is 5.15. The van der Waals surface area contributed by atoms with Gasteiger partial charge in [-0.3, -0.25) is 4.79 Å². The monoisotopic (exact) mass is 240 g/mol. The van der Waals surface area contributed by atoms with Crippen LogP contribution in [0.1, 0.15) is 21.5 Å². The fourth-order valence-corrected chi connectivity index (χ4v) is 2.13. The third-order valence-electron chi connectivity index (χ3n) is 3.05. The van der Waals surface area contributed by atoms with Gasteiger partial charge in [0.15, 0.2) is 6.29 Å². The van der Waals surface area contributed by atoms with Crippen molar-refractivity contribution < 1.29 is 9.53 Å². The summed E-state index contributed by atoms with van der Waals surface area (Å²) in [6.45, 7) is 4.15. The molecule has 18 heavy (non-hydrogen) atoms. The molecule has 0 fully saturated rings. The lowest BCUT2D eigenvalue weighted by molar-refractivity contribution is 0.112. The van der Waals surface area contributed by atoms with Crippen molar-refractivity contribution in [2.45, 2.75) is 13.8 Å². The van der Waals surface area contributed by atoms with Gasteiger partial charge in [0, 0.05) is 0 Å². The second-order valence-electron chi connectivity index (χ2n) is 4.39. The first-order valence-electron chi connectivity index (χ1n) is 5.86. The third kappa shape index (κ3) is 2.28. The van der Waals surface area contributed by atoms with Gasteiger partial charge in [0.1, 0.15) is 5.75 Å². The highest BCUT2D eigenvalue weighted by Crippen LogP contribution is 2.28. The lowest BCUT2D eigenvalue weighted by Crippen LogP contribution is -1.92. The van der Waals surface area contributed by atoms with E-state index in [4.69, 9.17) is 4.74 Å². The van der Waals surface area contributed by atoms with Crippen molar-refractivity contribution in [3.05, 3.63) is 53.1 Å². The van der Waals surface area contributed by atoms with Gasteiger partial charge in [0.2, 0.25) is 0 Å². The SMILES string of the molecule is COc1ccc(-c2ccc(C)cc2C)cc1C=O. The van der Waals surface area contributed by atoms with Crippen LogP contribution in [0.25, 0.3) is 11.1 Å². The van der Waals surface area contributed by atoms with Crippen LogP contribution in [0.2, 0.25) is 0 Å². The molecule has 0 amide bonds. The molecule has 0 heterocycles. The average Bonchev–Trinajstić information content (AvgIpc) is 2.38. The molecule has 0 bridgehead atoms. The van der Waals surface area contributed by atoms with Crippen molar-refractivity contribution in [1.82, 2.24) is 0 Å². The minimum absolute atomic E-state index is 0.579. The number of rotatable bonds is 3. The Labute approximate surface area is 107 Å². The van der Waals surface area contributed by atoms with E-state index in [0.717, 1.165) is 17.4 Å². The van der Waals surface area contributed by atoms with E-state index in [1.165, 1.54) is 11.1 Å². The molecule has 0 spiro atoms. The van der Waals surface area contributed by atoms with Crippen molar-refractivity contribution in [2.75, 3.05) is 7.11 Å². The second-order valence-corrected chi connectivity index (χ2v) is 4.39. The fourth-order valence-electron chi connectivity index (χ4n) is 2.13. The molecule has 0 atom stereocenters. The number of aryl methyl sites for hydroxylation is 2. The van der Waals surface area contributed by atoms with Gasteiger partial charge in [-0.05, 0) is 42.7 Å². The van der Waals surface area contributed by atoms with Crippen LogP contribution in [0.15, 0.2) is 36.4 Å². The number of ether oxygens (including phenoxy) is 1. The molecular formula is C16H16O2. The Morgan fingerprint density at radius 3 is 2.44 bits per heavy atom. The van der Waals surface area contributed by atoms with E-state index in [1.54, 1.807) is 7.11 Å². The van der Waals surface area contributed by atoms with E-state index in [1.807, 2.05) is 18.2 Å². The second kappa shape index (κ2) is 5.05. The third-order valence-corrected chi connectivity index (χ3v) is 3.05. The largest absolute Gasteiger partial charge is 0.496 e. The van der Waals surface area contributed by atoms with E-state index in [0.29, 0.717) is 11.3 Å². The Bertz CT molecular complexity index is 586. The minimum atomic E-state index is 0.579. The van der Waals surface area contributed by atoms with E-state index >= 15 is 0 Å². The van der Waals surface area contributed by atoms with Gasteiger partial charge in [0.05, 0.1) is 12.7 Å². The smallest absolute Gasteiger partial charge is 0.153 e. The summed E-state index contributed by atoms with van der Waals surface area (Å²) >= 11 is 0. The summed E-state index contributed by atoms with van der Waals surface area (Å²) in [6.07, 6.45) is 0.825. The summed E-state index contributed by atoms with van der Waals surface area (Å²) in [7, 11) is 1.57. The first-order chi connectivity index (χ1) is 8.65. The van der Waals surface area contributed by atoms with Gasteiger partial charge in [-0.1, -0.05) is 29.8 Å². The predicted octanol–water partition coefficient (Wildman–Crippen LogP) is 3.79. The number of methoxy groups -OCH3 is 1. The average molecular weight is 240 g/mol. The van der Waals surface area contributed by atoms with Crippen molar-refractivity contribution in [2.24, 2.45) is 0 Å². The number of carbonyl (C=O) groups excluding carboxylic acids is 1. The van der Waals surface area contributed by atoms with Crippen molar-refractivity contribution >= 4 is 6.29 Å². The maximum atomic E-state index is 11.0. The topological polar surface area (TPSA) is 26.3 Å². The molecule has 0 radical (unpaired) electrons. The number of hydrogen-bond acceptors (Lipinski definition) is 2. The number of hydrogen-bond donors (Lipinski definition) is 0. The summed E-state index contributed by atoms with van der Waals surface area (Å²) in [5, 5.41) is 0. The lowest BCUT2D eigenvalue weighted by Gasteiger charge is -2.10. The summed E-state index contributed by atoms with van der Waals surface area (Å²) in [5.74, 6) is 0.610. The van der Waals surface area contributed by atoms with Crippen LogP contribution < -0.4 is 4.74 Å². The van der Waals surface area contributed by atoms with Crippen LogP contribution in [-0.4, -0.2) is 13.4 Å². The zero-order valence-corrected chi connectivity index (χ0v) is 10.9. The zero-order valence-electron chi connectivity index (χ0n) is 10.9. The molecule has 2 aromatic carbocycles. The standard InChI is InChI=1S/C16H16O2/c1-11-4-6-15(12(2)8-11)13-5-7-16(18-3)14(9-13)10-17/h4-10H,1-3H3. The minimum Gasteiger partial charge on any atom is -0.496 e. The van der Waals surface area contributed by atoms with Gasteiger partial charge in [-0.15, -0.1) is 0 Å². The van der Waals surface area contributed by atoms with Gasteiger partial charge >= 0.3 is 0 Å². The van der Waals surface area contributed by atoms with E-state index in [9.17, 15) is 4.79 Å². The molecule has 2 heteroatoms. The fraction of sp³-hybridized carbons (Fsp3) is 0.188. The van der Waals surface area contributed by atoms with Gasteiger partial charge in [0.25, 0.3) is 0 Å². The molecule has 2 nitrogen and oxygen atoms in total. The number of carbonyl (C=O) groups is 1. The maximum Gasteiger partial charge on any atom is 0.153 e. The highest BCUT2D eigenvalue weighted by atomic mass is 16.5. The van der Waals surface area contributed by atoms with Crippen LogP contribution in [0.4, 0.5) is 0 Å². The maximum absolute atomic E-state index is 11.0. The molecule has 0 aromatic heterocycles.